The van der Waals surface area contributed by atoms with Crippen molar-refractivity contribution in [1.29, 1.82) is 0 Å². The molecule has 0 radical (unpaired) electrons. The van der Waals surface area contributed by atoms with Crippen LogP contribution in [0.5, 0.6) is 5.75 Å². The van der Waals surface area contributed by atoms with Crippen LogP contribution >= 0.6 is 12.4 Å². The Morgan fingerprint density at radius 3 is 2.76 bits per heavy atom. The first-order chi connectivity index (χ1) is 9.61. The molecule has 0 aliphatic heterocycles. The zero-order valence-electron chi connectivity index (χ0n) is 13.1. The molecule has 1 aromatic carbocycles. The van der Waals surface area contributed by atoms with Crippen molar-refractivity contribution in [3.8, 4) is 5.75 Å². The zero-order valence-corrected chi connectivity index (χ0v) is 14.0. The highest BCUT2D eigenvalue weighted by Crippen LogP contribution is 2.14. The predicted molar refractivity (Wildman–Crippen MR) is 89.0 cm³/mol. The highest BCUT2D eigenvalue weighted by atomic mass is 35.5. The SMILES string of the molecule is CNCCCC(=O)NCc1cccc(OCC(C)C)c1.Cl. The summed E-state index contributed by atoms with van der Waals surface area (Å²) in [6, 6.07) is 7.88. The number of nitrogens with one attached hydrogen (secondary N) is 2. The molecule has 0 aromatic heterocycles. The Morgan fingerprint density at radius 2 is 2.10 bits per heavy atom. The van der Waals surface area contributed by atoms with Gasteiger partial charge in [0.1, 0.15) is 5.75 Å². The minimum Gasteiger partial charge on any atom is -0.493 e. The molecule has 4 nitrogen and oxygen atoms in total. The van der Waals surface area contributed by atoms with Crippen molar-refractivity contribution in [2.75, 3.05) is 20.2 Å². The second kappa shape index (κ2) is 11.4. The smallest absolute Gasteiger partial charge is 0.220 e. The molecule has 0 aliphatic rings. The average molecular weight is 315 g/mol. The van der Waals surface area contributed by atoms with Gasteiger partial charge in [0.15, 0.2) is 0 Å². The predicted octanol–water partition coefficient (Wildman–Crippen LogP) is 2.76. The molecule has 0 fully saturated rings. The van der Waals surface area contributed by atoms with Gasteiger partial charge in [0.25, 0.3) is 0 Å². The Kier molecular flexibility index (Phi) is 10.7. The summed E-state index contributed by atoms with van der Waals surface area (Å²) in [6.45, 7) is 6.37. The molecule has 120 valence electrons. The number of ether oxygens (including phenoxy) is 1. The van der Waals surface area contributed by atoms with Gasteiger partial charge in [-0.2, -0.15) is 0 Å². The van der Waals surface area contributed by atoms with Gasteiger partial charge in [-0.15, -0.1) is 12.4 Å². The normalized spacial score (nSPS) is 10.1. The highest BCUT2D eigenvalue weighted by molar-refractivity contribution is 5.85. The first-order valence-corrected chi connectivity index (χ1v) is 7.25. The van der Waals surface area contributed by atoms with Crippen molar-refractivity contribution < 1.29 is 9.53 Å². The molecule has 0 bridgehead atoms. The van der Waals surface area contributed by atoms with E-state index in [0.29, 0.717) is 25.5 Å². The summed E-state index contributed by atoms with van der Waals surface area (Å²) < 4.78 is 5.67. The van der Waals surface area contributed by atoms with Crippen molar-refractivity contribution >= 4 is 18.3 Å². The number of amides is 1. The standard InChI is InChI=1S/C16H26N2O2.ClH/c1-13(2)12-20-15-7-4-6-14(10-15)11-18-16(19)8-5-9-17-3;/h4,6-7,10,13,17H,5,8-9,11-12H2,1-3H3,(H,18,19);1H. The van der Waals surface area contributed by atoms with E-state index in [-0.39, 0.29) is 18.3 Å². The summed E-state index contributed by atoms with van der Waals surface area (Å²) in [5.74, 6) is 1.46. The van der Waals surface area contributed by atoms with Crippen LogP contribution in [0.25, 0.3) is 0 Å². The molecule has 21 heavy (non-hydrogen) atoms. The molecule has 0 saturated heterocycles. The minimum absolute atomic E-state index is 0. The molecule has 5 heteroatoms. The zero-order chi connectivity index (χ0) is 14.8. The molecule has 0 saturated carbocycles. The van der Waals surface area contributed by atoms with E-state index in [1.165, 1.54) is 0 Å². The van der Waals surface area contributed by atoms with E-state index in [4.69, 9.17) is 4.74 Å². The Balaban J connectivity index is 0.00000400. The average Bonchev–Trinajstić information content (AvgIpc) is 2.44. The van der Waals surface area contributed by atoms with E-state index < -0.39 is 0 Å². The molecule has 0 aliphatic carbocycles. The van der Waals surface area contributed by atoms with E-state index in [2.05, 4.69) is 24.5 Å². The van der Waals surface area contributed by atoms with Gasteiger partial charge in [-0.25, -0.2) is 0 Å². The van der Waals surface area contributed by atoms with Crippen LogP contribution < -0.4 is 15.4 Å². The van der Waals surface area contributed by atoms with E-state index in [1.54, 1.807) is 0 Å². The quantitative estimate of drug-likeness (QED) is 0.689. The van der Waals surface area contributed by atoms with E-state index in [1.807, 2.05) is 31.3 Å². The van der Waals surface area contributed by atoms with Crippen molar-refractivity contribution in [3.63, 3.8) is 0 Å². The number of carbonyl (C=O) groups is 1. The van der Waals surface area contributed by atoms with Gasteiger partial charge in [0.05, 0.1) is 6.61 Å². The Labute approximate surface area is 134 Å². The lowest BCUT2D eigenvalue weighted by molar-refractivity contribution is -0.121. The van der Waals surface area contributed by atoms with Crippen LogP contribution in [0.1, 0.15) is 32.3 Å². The summed E-state index contributed by atoms with van der Waals surface area (Å²) in [5, 5.41) is 5.96. The van der Waals surface area contributed by atoms with Gasteiger partial charge < -0.3 is 15.4 Å². The summed E-state index contributed by atoms with van der Waals surface area (Å²) in [7, 11) is 1.89. The van der Waals surface area contributed by atoms with Crippen molar-refractivity contribution in [3.05, 3.63) is 29.8 Å². The topological polar surface area (TPSA) is 50.4 Å². The van der Waals surface area contributed by atoms with Crippen LogP contribution in [-0.4, -0.2) is 26.1 Å². The summed E-state index contributed by atoms with van der Waals surface area (Å²) in [6.07, 6.45) is 1.42. The fraction of sp³-hybridized carbons (Fsp3) is 0.562. The van der Waals surface area contributed by atoms with Crippen molar-refractivity contribution in [2.24, 2.45) is 5.92 Å². The number of rotatable bonds is 9. The van der Waals surface area contributed by atoms with Crippen molar-refractivity contribution in [2.45, 2.75) is 33.2 Å². The fourth-order valence-electron chi connectivity index (χ4n) is 1.72. The van der Waals surface area contributed by atoms with Gasteiger partial charge in [0.2, 0.25) is 5.91 Å². The molecular formula is C16H27ClN2O2. The number of benzene rings is 1. The molecule has 0 heterocycles. The van der Waals surface area contributed by atoms with Gasteiger partial charge in [-0.3, -0.25) is 4.79 Å². The third-order valence-electron chi connectivity index (χ3n) is 2.80. The Hall–Kier alpha value is -1.26. The maximum atomic E-state index is 11.6. The first kappa shape index (κ1) is 19.7. The van der Waals surface area contributed by atoms with Crippen LogP contribution in [0.4, 0.5) is 0 Å². The number of hydrogen-bond acceptors (Lipinski definition) is 3. The number of hydrogen-bond donors (Lipinski definition) is 2. The number of halogens is 1. The van der Waals surface area contributed by atoms with Gasteiger partial charge in [0, 0.05) is 13.0 Å². The molecule has 0 unspecified atom stereocenters. The summed E-state index contributed by atoms with van der Waals surface area (Å²) in [5.41, 5.74) is 1.06. The summed E-state index contributed by atoms with van der Waals surface area (Å²) >= 11 is 0. The number of carbonyl (C=O) groups excluding carboxylic acids is 1. The van der Waals surface area contributed by atoms with Crippen LogP contribution in [0.3, 0.4) is 0 Å². The maximum Gasteiger partial charge on any atom is 0.220 e. The molecule has 1 aromatic rings. The molecule has 2 N–H and O–H groups in total. The second-order valence-electron chi connectivity index (χ2n) is 5.34. The highest BCUT2D eigenvalue weighted by Gasteiger charge is 2.02. The molecule has 0 spiro atoms. The first-order valence-electron chi connectivity index (χ1n) is 7.25. The lowest BCUT2D eigenvalue weighted by atomic mass is 10.2. The molecule has 0 atom stereocenters. The molecule has 1 rings (SSSR count). The lowest BCUT2D eigenvalue weighted by Crippen LogP contribution is -2.23. The van der Waals surface area contributed by atoms with Crippen LogP contribution in [0, 0.1) is 5.92 Å². The van der Waals surface area contributed by atoms with Crippen molar-refractivity contribution in [1.82, 2.24) is 10.6 Å². The molecular weight excluding hydrogens is 288 g/mol. The summed E-state index contributed by atoms with van der Waals surface area (Å²) in [4.78, 5) is 11.6. The molecule has 1 amide bonds. The monoisotopic (exact) mass is 314 g/mol. The van der Waals surface area contributed by atoms with Gasteiger partial charge in [-0.05, 0) is 43.6 Å². The van der Waals surface area contributed by atoms with E-state index in [9.17, 15) is 4.79 Å². The third kappa shape index (κ3) is 9.32. The van der Waals surface area contributed by atoms with Crippen LogP contribution in [0.2, 0.25) is 0 Å². The Morgan fingerprint density at radius 1 is 1.33 bits per heavy atom. The van der Waals surface area contributed by atoms with E-state index >= 15 is 0 Å². The van der Waals surface area contributed by atoms with Crippen LogP contribution in [-0.2, 0) is 11.3 Å². The van der Waals surface area contributed by atoms with Crippen LogP contribution in [0.15, 0.2) is 24.3 Å². The lowest BCUT2D eigenvalue weighted by Gasteiger charge is -2.10. The second-order valence-corrected chi connectivity index (χ2v) is 5.34. The van der Waals surface area contributed by atoms with Gasteiger partial charge in [-0.1, -0.05) is 26.0 Å². The minimum atomic E-state index is 0. The maximum absolute atomic E-state index is 11.6. The largest absolute Gasteiger partial charge is 0.493 e. The van der Waals surface area contributed by atoms with Gasteiger partial charge >= 0.3 is 0 Å². The Bertz CT molecular complexity index is 411. The third-order valence-corrected chi connectivity index (χ3v) is 2.80. The van der Waals surface area contributed by atoms with E-state index in [0.717, 1.165) is 24.3 Å². The fourth-order valence-corrected chi connectivity index (χ4v) is 1.72.